The molecule has 0 bridgehead atoms. The number of hydrogen-bond donors (Lipinski definition) is 0. The molecule has 2 aromatic carbocycles. The first-order valence-corrected chi connectivity index (χ1v) is 11.8. The van der Waals surface area contributed by atoms with Crippen molar-refractivity contribution >= 4 is 33.2 Å². The molecule has 4 rings (SSSR count). The fourth-order valence-electron chi connectivity index (χ4n) is 4.09. The number of benzene rings is 2. The number of hydrogen-bond acceptors (Lipinski definition) is 4. The second-order valence-corrected chi connectivity index (χ2v) is 10.6. The SMILES string of the molecule is CC(=O)N1c2ccc(-c3cccc(S(=O)(=O)N(C)C)c3)cc2N(C(=O)C2CC2)C[C@@H]1C. The Morgan fingerprint density at radius 3 is 2.29 bits per heavy atom. The van der Waals surface area contributed by atoms with Gasteiger partial charge in [-0.05, 0) is 55.2 Å². The highest BCUT2D eigenvalue weighted by Crippen LogP contribution is 2.42. The fraction of sp³-hybridized carbons (Fsp3) is 0.391. The largest absolute Gasteiger partial charge is 0.308 e. The number of carbonyl (C=O) groups is 2. The number of carbonyl (C=O) groups excluding carboxylic acids is 2. The van der Waals surface area contributed by atoms with Crippen LogP contribution in [-0.4, -0.2) is 51.2 Å². The minimum atomic E-state index is -3.56. The van der Waals surface area contributed by atoms with Crippen molar-refractivity contribution in [2.45, 2.75) is 37.6 Å². The lowest BCUT2D eigenvalue weighted by Gasteiger charge is -2.41. The Morgan fingerprint density at radius 2 is 1.68 bits per heavy atom. The standard InChI is InChI=1S/C23H27N3O4S/c1-15-14-25(23(28)17-8-9-17)22-13-19(10-11-21(22)26(15)16(2)27)18-6-5-7-20(12-18)31(29,30)24(3)4/h5-7,10-13,15,17H,8-9,14H2,1-4H3/t15-/m0/s1. The number of nitrogens with zero attached hydrogens (tertiary/aromatic N) is 3. The van der Waals surface area contributed by atoms with Gasteiger partial charge in [-0.3, -0.25) is 9.59 Å². The molecule has 0 aromatic heterocycles. The smallest absolute Gasteiger partial charge is 0.242 e. The first-order valence-electron chi connectivity index (χ1n) is 10.4. The Labute approximate surface area is 183 Å². The van der Waals surface area contributed by atoms with Gasteiger partial charge in [-0.25, -0.2) is 12.7 Å². The van der Waals surface area contributed by atoms with Gasteiger partial charge in [0, 0.05) is 33.5 Å². The maximum Gasteiger partial charge on any atom is 0.242 e. The van der Waals surface area contributed by atoms with E-state index in [0.717, 1.165) is 24.0 Å². The van der Waals surface area contributed by atoms with Crippen LogP contribution in [0.25, 0.3) is 11.1 Å². The van der Waals surface area contributed by atoms with Crippen LogP contribution in [0.3, 0.4) is 0 Å². The second kappa shape index (κ2) is 7.76. The Kier molecular flexibility index (Phi) is 5.39. The molecular formula is C23H27N3O4S. The summed E-state index contributed by atoms with van der Waals surface area (Å²) in [4.78, 5) is 29.0. The molecule has 1 aliphatic heterocycles. The number of amides is 2. The monoisotopic (exact) mass is 441 g/mol. The van der Waals surface area contributed by atoms with E-state index in [9.17, 15) is 18.0 Å². The van der Waals surface area contributed by atoms with Crippen LogP contribution in [0.5, 0.6) is 0 Å². The highest BCUT2D eigenvalue weighted by Gasteiger charge is 2.39. The van der Waals surface area contributed by atoms with Crippen LogP contribution >= 0.6 is 0 Å². The summed E-state index contributed by atoms with van der Waals surface area (Å²) in [5.41, 5.74) is 2.93. The van der Waals surface area contributed by atoms with Gasteiger partial charge in [0.05, 0.1) is 22.3 Å². The quantitative estimate of drug-likeness (QED) is 0.730. The molecule has 1 heterocycles. The van der Waals surface area contributed by atoms with Crippen LogP contribution in [0, 0.1) is 5.92 Å². The molecule has 2 aliphatic rings. The summed E-state index contributed by atoms with van der Waals surface area (Å²) in [5, 5.41) is 0. The van der Waals surface area contributed by atoms with Crippen molar-refractivity contribution in [1.29, 1.82) is 0 Å². The Balaban J connectivity index is 1.82. The molecule has 1 saturated carbocycles. The zero-order valence-corrected chi connectivity index (χ0v) is 19.0. The number of rotatable bonds is 4. The van der Waals surface area contributed by atoms with E-state index in [2.05, 4.69) is 0 Å². The molecule has 8 heteroatoms. The molecule has 0 spiro atoms. The minimum Gasteiger partial charge on any atom is -0.308 e. The van der Waals surface area contributed by atoms with Crippen LogP contribution in [0.4, 0.5) is 11.4 Å². The van der Waals surface area contributed by atoms with Gasteiger partial charge < -0.3 is 9.80 Å². The van der Waals surface area contributed by atoms with Gasteiger partial charge in [0.1, 0.15) is 0 Å². The molecule has 164 valence electrons. The van der Waals surface area contributed by atoms with Gasteiger partial charge in [0.2, 0.25) is 21.8 Å². The lowest BCUT2D eigenvalue weighted by molar-refractivity contribution is -0.120. The van der Waals surface area contributed by atoms with Crippen LogP contribution in [0.1, 0.15) is 26.7 Å². The summed E-state index contributed by atoms with van der Waals surface area (Å²) < 4.78 is 26.3. The van der Waals surface area contributed by atoms with Crippen molar-refractivity contribution in [3.8, 4) is 11.1 Å². The summed E-state index contributed by atoms with van der Waals surface area (Å²) in [6, 6.07) is 12.2. The predicted molar refractivity (Wildman–Crippen MR) is 120 cm³/mol. The van der Waals surface area contributed by atoms with E-state index in [1.807, 2.05) is 31.2 Å². The van der Waals surface area contributed by atoms with Crippen molar-refractivity contribution < 1.29 is 18.0 Å². The third kappa shape index (κ3) is 3.85. The molecule has 0 saturated heterocycles. The maximum atomic E-state index is 13.0. The molecule has 1 aliphatic carbocycles. The van der Waals surface area contributed by atoms with E-state index >= 15 is 0 Å². The van der Waals surface area contributed by atoms with Crippen molar-refractivity contribution in [1.82, 2.24) is 4.31 Å². The molecule has 1 atom stereocenters. The summed E-state index contributed by atoms with van der Waals surface area (Å²) in [6.07, 6.45) is 1.80. The van der Waals surface area contributed by atoms with Crippen molar-refractivity contribution in [2.24, 2.45) is 5.92 Å². The zero-order valence-electron chi connectivity index (χ0n) is 18.2. The van der Waals surface area contributed by atoms with Gasteiger partial charge in [0.15, 0.2) is 0 Å². The molecule has 2 aromatic rings. The molecule has 1 fully saturated rings. The summed E-state index contributed by atoms with van der Waals surface area (Å²) in [5.74, 6) is 0.0811. The fourth-order valence-corrected chi connectivity index (χ4v) is 5.04. The normalized spacial score (nSPS) is 18.8. The third-order valence-electron chi connectivity index (χ3n) is 5.89. The molecule has 2 amide bonds. The van der Waals surface area contributed by atoms with Crippen molar-refractivity contribution in [3.63, 3.8) is 0 Å². The van der Waals surface area contributed by atoms with E-state index in [1.54, 1.807) is 28.0 Å². The van der Waals surface area contributed by atoms with Gasteiger partial charge in [0.25, 0.3) is 0 Å². The lowest BCUT2D eigenvalue weighted by Crippen LogP contribution is -2.51. The molecule has 0 unspecified atom stereocenters. The number of fused-ring (bicyclic) bond motifs is 1. The maximum absolute atomic E-state index is 13.0. The Morgan fingerprint density at radius 1 is 1.00 bits per heavy atom. The molecule has 0 radical (unpaired) electrons. The number of anilines is 2. The van der Waals surface area contributed by atoms with Crippen molar-refractivity contribution in [3.05, 3.63) is 42.5 Å². The van der Waals surface area contributed by atoms with E-state index < -0.39 is 10.0 Å². The van der Waals surface area contributed by atoms with Gasteiger partial charge in [-0.1, -0.05) is 18.2 Å². The molecule has 0 N–H and O–H groups in total. The second-order valence-electron chi connectivity index (χ2n) is 8.48. The lowest BCUT2D eigenvalue weighted by atomic mass is 10.00. The van der Waals surface area contributed by atoms with Gasteiger partial charge >= 0.3 is 0 Å². The average Bonchev–Trinajstić information content (AvgIpc) is 3.57. The Bertz CT molecular complexity index is 1160. The summed E-state index contributed by atoms with van der Waals surface area (Å²) in [7, 11) is -0.564. The zero-order chi connectivity index (χ0) is 22.5. The Hall–Kier alpha value is -2.71. The summed E-state index contributed by atoms with van der Waals surface area (Å²) >= 11 is 0. The molecular weight excluding hydrogens is 414 g/mol. The van der Waals surface area contributed by atoms with Gasteiger partial charge in [-0.2, -0.15) is 0 Å². The third-order valence-corrected chi connectivity index (χ3v) is 7.70. The minimum absolute atomic E-state index is 0.0566. The highest BCUT2D eigenvalue weighted by atomic mass is 32.2. The van der Waals surface area contributed by atoms with Crippen molar-refractivity contribution in [2.75, 3.05) is 30.4 Å². The topological polar surface area (TPSA) is 78.0 Å². The van der Waals surface area contributed by atoms with Crippen LogP contribution in [0.15, 0.2) is 47.4 Å². The first-order chi connectivity index (χ1) is 14.6. The van der Waals surface area contributed by atoms with Gasteiger partial charge in [-0.15, -0.1) is 0 Å². The first kappa shape index (κ1) is 21.5. The summed E-state index contributed by atoms with van der Waals surface area (Å²) in [6.45, 7) is 3.92. The number of sulfonamides is 1. The van der Waals surface area contributed by atoms with E-state index in [4.69, 9.17) is 0 Å². The van der Waals surface area contributed by atoms with E-state index in [0.29, 0.717) is 17.9 Å². The van der Waals surface area contributed by atoms with E-state index in [1.165, 1.54) is 25.3 Å². The van der Waals surface area contributed by atoms with Crippen LogP contribution < -0.4 is 9.80 Å². The van der Waals surface area contributed by atoms with Crippen LogP contribution in [-0.2, 0) is 19.6 Å². The molecule has 31 heavy (non-hydrogen) atoms. The van der Waals surface area contributed by atoms with Crippen LogP contribution in [0.2, 0.25) is 0 Å². The average molecular weight is 442 g/mol. The van der Waals surface area contributed by atoms with E-state index in [-0.39, 0.29) is 28.7 Å². The molecule has 7 nitrogen and oxygen atoms in total. The highest BCUT2D eigenvalue weighted by molar-refractivity contribution is 7.89. The predicted octanol–water partition coefficient (Wildman–Crippen LogP) is 3.10.